The fourth-order valence-electron chi connectivity index (χ4n) is 12.7. The third-order valence-corrected chi connectivity index (χ3v) is 17.6. The van der Waals surface area contributed by atoms with Gasteiger partial charge >= 0.3 is 12.1 Å². The molecular formula is C54H88FN7O14. The van der Waals surface area contributed by atoms with Crippen LogP contribution < -0.4 is 9.80 Å². The van der Waals surface area contributed by atoms with Crippen LogP contribution in [0.4, 0.5) is 20.6 Å². The summed E-state index contributed by atoms with van der Waals surface area (Å²) >= 11 is 0. The maximum atomic E-state index is 15.3. The molecule has 1 aromatic heterocycles. The topological polar surface area (TPSA) is 244 Å². The SMILES string of the molecule is CC[C@H]1OC(=O)[C@H](C)C([C@H]2C[C@@](C)(OC)[C@@H](O)[C@H](C)O2)[C@H](C)[C@@H](O[C@@H]2O[C@H](C)C[C@H](N(C)CCc3cn(C[C@H]4CN(c5ccc(N6CCOCC6)c(F)c5)C(=O)O4)nn3)[C@H]2O)[C@](C)(O)C[C@@H](C)N(C)[C@H](C)[C@@H](O)[C@]1(C)O. The first-order valence-corrected chi connectivity index (χ1v) is 27.3. The molecule has 1 unspecified atom stereocenters. The second-order valence-corrected chi connectivity index (χ2v) is 23.3. The lowest BCUT2D eigenvalue weighted by Crippen LogP contribution is -2.63. The second kappa shape index (κ2) is 24.4. The summed E-state index contributed by atoms with van der Waals surface area (Å²) in [5, 5.41) is 68.9. The minimum atomic E-state index is -1.85. The van der Waals surface area contributed by atoms with Crippen LogP contribution in [0, 0.1) is 23.6 Å². The van der Waals surface area contributed by atoms with E-state index in [1.165, 1.54) is 25.0 Å². The molecule has 76 heavy (non-hydrogen) atoms. The van der Waals surface area contributed by atoms with Gasteiger partial charge in [-0.3, -0.25) is 14.6 Å². The first-order valence-electron chi connectivity index (χ1n) is 27.3. The number of hydrogen-bond donors (Lipinski definition) is 5. The number of methoxy groups -OCH3 is 1. The molecule has 0 aliphatic carbocycles. The van der Waals surface area contributed by atoms with Crippen molar-refractivity contribution < 1.29 is 72.7 Å². The number of halogens is 1. The Morgan fingerprint density at radius 3 is 2.32 bits per heavy atom. The summed E-state index contributed by atoms with van der Waals surface area (Å²) in [5.74, 6) is -3.50. The van der Waals surface area contributed by atoms with Gasteiger partial charge in [0.1, 0.15) is 41.9 Å². The smallest absolute Gasteiger partial charge is 0.414 e. The summed E-state index contributed by atoms with van der Waals surface area (Å²) < 4.78 is 60.1. The molecule has 0 spiro atoms. The molecule has 1 aromatic carbocycles. The van der Waals surface area contributed by atoms with Crippen LogP contribution in [0.15, 0.2) is 24.4 Å². The Morgan fingerprint density at radius 2 is 1.66 bits per heavy atom. The Labute approximate surface area is 447 Å². The second-order valence-electron chi connectivity index (χ2n) is 23.3. The molecular weight excluding hydrogens is 990 g/mol. The summed E-state index contributed by atoms with van der Waals surface area (Å²) in [6, 6.07) is 3.23. The first kappa shape index (κ1) is 60.0. The zero-order valence-electron chi connectivity index (χ0n) is 47.0. The number of hydrogen-bond acceptors (Lipinski definition) is 19. The Morgan fingerprint density at radius 1 is 0.961 bits per heavy atom. The number of carbonyl (C=O) groups excluding carboxylic acids is 2. The third-order valence-electron chi connectivity index (χ3n) is 17.6. The Hall–Kier alpha value is -3.65. The highest BCUT2D eigenvalue weighted by atomic mass is 19.1. The van der Waals surface area contributed by atoms with Crippen molar-refractivity contribution in [3.63, 3.8) is 0 Å². The van der Waals surface area contributed by atoms with E-state index in [1.807, 2.05) is 42.5 Å². The van der Waals surface area contributed by atoms with Crippen LogP contribution in [0.1, 0.15) is 101 Å². The molecule has 5 aliphatic rings. The Bertz CT molecular complexity index is 2260. The van der Waals surface area contributed by atoms with Crippen LogP contribution in [-0.2, 0) is 50.9 Å². The molecule has 21 nitrogen and oxygen atoms in total. The number of amides is 1. The number of cyclic esters (lactones) is 2. The lowest BCUT2D eigenvalue weighted by Gasteiger charge is -2.52. The van der Waals surface area contributed by atoms with E-state index in [0.717, 1.165) is 0 Å². The zero-order valence-corrected chi connectivity index (χ0v) is 47.0. The van der Waals surface area contributed by atoms with Crippen molar-refractivity contribution in [3.8, 4) is 0 Å². The number of aliphatic hydroxyl groups is 5. The summed E-state index contributed by atoms with van der Waals surface area (Å²) in [4.78, 5) is 34.8. The van der Waals surface area contributed by atoms with Gasteiger partial charge in [0.05, 0.1) is 84.9 Å². The number of carbonyl (C=O) groups is 2. The van der Waals surface area contributed by atoms with E-state index in [4.69, 9.17) is 33.2 Å². The van der Waals surface area contributed by atoms with E-state index >= 15 is 4.39 Å². The number of anilines is 2. The molecule has 7 rings (SSSR count). The van der Waals surface area contributed by atoms with E-state index < -0.39 is 132 Å². The average molecular weight is 1080 g/mol. The molecule has 5 saturated heterocycles. The average Bonchev–Trinajstić information content (AvgIpc) is 3.99. The van der Waals surface area contributed by atoms with Crippen LogP contribution in [0.3, 0.4) is 0 Å². The summed E-state index contributed by atoms with van der Waals surface area (Å²) in [6.45, 7) is 20.7. The van der Waals surface area contributed by atoms with Gasteiger partial charge in [-0.15, -0.1) is 5.10 Å². The molecule has 0 saturated carbocycles. The van der Waals surface area contributed by atoms with Crippen molar-refractivity contribution in [2.75, 3.05) is 70.4 Å². The number of rotatable bonds is 13. The van der Waals surface area contributed by atoms with E-state index in [-0.39, 0.29) is 32.4 Å². The number of esters is 1. The molecule has 19 atom stereocenters. The van der Waals surface area contributed by atoms with Gasteiger partial charge in [-0.25, -0.2) is 13.9 Å². The summed E-state index contributed by atoms with van der Waals surface area (Å²) in [7, 11) is 5.22. The highest BCUT2D eigenvalue weighted by Gasteiger charge is 2.55. The summed E-state index contributed by atoms with van der Waals surface area (Å²) in [5.41, 5.74) is -3.07. The van der Waals surface area contributed by atoms with Crippen molar-refractivity contribution in [1.82, 2.24) is 24.8 Å². The Balaban J connectivity index is 1.08. The molecule has 22 heteroatoms. The fraction of sp³-hybridized carbons (Fsp3) is 0.815. The van der Waals surface area contributed by atoms with Crippen molar-refractivity contribution in [2.24, 2.45) is 17.8 Å². The number of aliphatic hydroxyl groups excluding tert-OH is 3. The third kappa shape index (κ3) is 12.8. The quantitative estimate of drug-likeness (QED) is 0.181. The molecule has 5 aliphatic heterocycles. The molecule has 0 radical (unpaired) electrons. The fourth-order valence-corrected chi connectivity index (χ4v) is 12.7. The van der Waals surface area contributed by atoms with E-state index in [9.17, 15) is 35.1 Å². The lowest BCUT2D eigenvalue weighted by atomic mass is 9.68. The standard InChI is InChI=1S/C54H88FN7O14/c1-14-43-54(10,69)46(64)34(6)59(12)30(2)25-52(8,68)48(32(4)44(33(5)49(66)75-43)42-26-53(9,70-13)47(65)35(7)73-42)76-50-45(63)41(23-31(3)72-50)58(11)18-17-36-27-61(57-56-36)28-38-29-62(51(67)74-38)37-15-16-40(39(55)24-37)60-19-21-71-22-20-60/h15-16,24,27,30-35,38,41-48,50,63-65,68-69H,14,17-23,25-26,28-29H2,1-13H3/t30-,31-,32+,33-,34-,35+,38+,41+,42-,43-,44?,45-,46-,47+,48-,50+,52-,53-,54-/m1/s1. The van der Waals surface area contributed by atoms with Crippen molar-refractivity contribution in [2.45, 2.75) is 204 Å². The van der Waals surface area contributed by atoms with Gasteiger partial charge < -0.3 is 68.5 Å². The number of likely N-dealkylation sites (N-methyl/N-ethyl adjacent to an activating group) is 2. The molecule has 0 bridgehead atoms. The number of aromatic nitrogens is 3. The van der Waals surface area contributed by atoms with Gasteiger partial charge in [-0.05, 0) is 106 Å². The molecule has 6 heterocycles. The van der Waals surface area contributed by atoms with Crippen molar-refractivity contribution in [3.05, 3.63) is 35.9 Å². The maximum Gasteiger partial charge on any atom is 0.414 e. The molecule has 5 fully saturated rings. The molecule has 430 valence electrons. The number of benzene rings is 1. The van der Waals surface area contributed by atoms with E-state index in [1.54, 1.807) is 71.6 Å². The molecule has 5 N–H and O–H groups in total. The Kier molecular flexibility index (Phi) is 19.2. The van der Waals surface area contributed by atoms with Gasteiger partial charge in [-0.1, -0.05) is 26.0 Å². The van der Waals surface area contributed by atoms with Crippen LogP contribution >= 0.6 is 0 Å². The lowest BCUT2D eigenvalue weighted by molar-refractivity contribution is -0.303. The van der Waals surface area contributed by atoms with Gasteiger partial charge in [0.15, 0.2) is 6.29 Å². The minimum Gasteiger partial charge on any atom is -0.459 e. The highest BCUT2D eigenvalue weighted by Crippen LogP contribution is 2.45. The van der Waals surface area contributed by atoms with Crippen molar-refractivity contribution >= 4 is 23.4 Å². The maximum absolute atomic E-state index is 15.3. The number of ether oxygens (including phenoxy) is 7. The predicted molar refractivity (Wildman–Crippen MR) is 278 cm³/mol. The molecule has 2 aromatic rings. The van der Waals surface area contributed by atoms with Crippen LogP contribution in [0.25, 0.3) is 0 Å². The minimum absolute atomic E-state index is 0.101. The predicted octanol–water partition coefficient (Wildman–Crippen LogP) is 3.13. The first-order chi connectivity index (χ1) is 35.7. The van der Waals surface area contributed by atoms with Gasteiger partial charge in [0.25, 0.3) is 0 Å². The van der Waals surface area contributed by atoms with Crippen molar-refractivity contribution in [1.29, 1.82) is 0 Å². The van der Waals surface area contributed by atoms with Crippen LogP contribution in [0.2, 0.25) is 0 Å². The van der Waals surface area contributed by atoms with Gasteiger partial charge in [-0.2, -0.15) is 0 Å². The summed E-state index contributed by atoms with van der Waals surface area (Å²) in [6.07, 6.45) is -6.82. The largest absolute Gasteiger partial charge is 0.459 e. The van der Waals surface area contributed by atoms with E-state index in [0.29, 0.717) is 62.8 Å². The zero-order chi connectivity index (χ0) is 55.8. The monoisotopic (exact) mass is 1080 g/mol. The van der Waals surface area contributed by atoms with Crippen LogP contribution in [0.5, 0.6) is 0 Å². The molecule has 1 amide bonds. The number of nitrogens with zero attached hydrogens (tertiary/aromatic N) is 7. The normalized spacial score (nSPS) is 40.7. The number of morpholine rings is 1. The van der Waals surface area contributed by atoms with E-state index in [2.05, 4.69) is 10.3 Å². The van der Waals surface area contributed by atoms with Gasteiger partial charge in [0, 0.05) is 69.8 Å². The van der Waals surface area contributed by atoms with Crippen LogP contribution in [-0.4, -0.2) is 219 Å². The van der Waals surface area contributed by atoms with Gasteiger partial charge in [0.2, 0.25) is 0 Å². The highest BCUT2D eigenvalue weighted by molar-refractivity contribution is 5.90.